The molecule has 128 valence electrons. The zero-order valence-electron chi connectivity index (χ0n) is 14.6. The Morgan fingerprint density at radius 2 is 2.12 bits per heavy atom. The van der Waals surface area contributed by atoms with Crippen molar-refractivity contribution in [2.75, 3.05) is 25.4 Å². The van der Waals surface area contributed by atoms with E-state index in [2.05, 4.69) is 17.9 Å². The molecule has 1 aromatic rings. The van der Waals surface area contributed by atoms with Crippen LogP contribution in [0, 0.1) is 24.2 Å². The number of nitrogens with two attached hydrogens (primary N) is 1. The SMILES string of the molecule is Cc1c(N)cc(C#N)cc1CN1CCN(C(=O)CC2CC2)[C@@H](C)C1. The number of nitrogen functional groups attached to an aromatic ring is 1. The summed E-state index contributed by atoms with van der Waals surface area (Å²) in [5.74, 6) is 0.957. The van der Waals surface area contributed by atoms with Crippen LogP contribution < -0.4 is 5.73 Å². The summed E-state index contributed by atoms with van der Waals surface area (Å²) < 4.78 is 0. The summed E-state index contributed by atoms with van der Waals surface area (Å²) in [5, 5.41) is 9.13. The molecule has 1 amide bonds. The van der Waals surface area contributed by atoms with Gasteiger partial charge in [0.25, 0.3) is 0 Å². The minimum absolute atomic E-state index is 0.238. The summed E-state index contributed by atoms with van der Waals surface area (Å²) in [4.78, 5) is 16.8. The first-order valence-corrected chi connectivity index (χ1v) is 8.79. The highest BCUT2D eigenvalue weighted by molar-refractivity contribution is 5.77. The average molecular weight is 326 g/mol. The van der Waals surface area contributed by atoms with E-state index in [4.69, 9.17) is 11.0 Å². The number of hydrogen-bond acceptors (Lipinski definition) is 4. The highest BCUT2D eigenvalue weighted by Gasteiger charge is 2.31. The Kier molecular flexibility index (Phi) is 4.77. The van der Waals surface area contributed by atoms with Gasteiger partial charge in [-0.25, -0.2) is 0 Å². The van der Waals surface area contributed by atoms with Crippen LogP contribution >= 0.6 is 0 Å². The molecule has 5 nitrogen and oxygen atoms in total. The third kappa shape index (κ3) is 3.70. The fourth-order valence-electron chi connectivity index (χ4n) is 3.50. The van der Waals surface area contributed by atoms with Crippen molar-refractivity contribution in [1.82, 2.24) is 9.80 Å². The van der Waals surface area contributed by atoms with E-state index < -0.39 is 0 Å². The number of piperazine rings is 1. The van der Waals surface area contributed by atoms with Crippen LogP contribution in [0.25, 0.3) is 0 Å². The molecule has 1 aliphatic carbocycles. The number of carbonyl (C=O) groups excluding carboxylic acids is 1. The largest absolute Gasteiger partial charge is 0.398 e. The molecule has 5 heteroatoms. The van der Waals surface area contributed by atoms with Gasteiger partial charge in [0, 0.05) is 44.3 Å². The lowest BCUT2D eigenvalue weighted by Gasteiger charge is -2.40. The van der Waals surface area contributed by atoms with E-state index in [9.17, 15) is 4.79 Å². The third-order valence-electron chi connectivity index (χ3n) is 5.27. The number of nitriles is 1. The maximum atomic E-state index is 12.4. The quantitative estimate of drug-likeness (QED) is 0.862. The predicted octanol–water partition coefficient (Wildman–Crippen LogP) is 2.28. The molecule has 2 fully saturated rings. The number of hydrogen-bond donors (Lipinski definition) is 1. The van der Waals surface area contributed by atoms with Crippen molar-refractivity contribution in [3.63, 3.8) is 0 Å². The van der Waals surface area contributed by atoms with Gasteiger partial charge in [-0.3, -0.25) is 9.69 Å². The van der Waals surface area contributed by atoms with Gasteiger partial charge in [0.2, 0.25) is 5.91 Å². The number of amides is 1. The molecule has 0 spiro atoms. The van der Waals surface area contributed by atoms with E-state index in [0.717, 1.165) is 43.7 Å². The normalized spacial score (nSPS) is 21.5. The third-order valence-corrected chi connectivity index (χ3v) is 5.27. The maximum Gasteiger partial charge on any atom is 0.223 e. The monoisotopic (exact) mass is 326 g/mol. The van der Waals surface area contributed by atoms with Gasteiger partial charge in [-0.05, 0) is 55.9 Å². The number of benzene rings is 1. The molecule has 3 rings (SSSR count). The van der Waals surface area contributed by atoms with Crippen molar-refractivity contribution in [2.24, 2.45) is 5.92 Å². The Morgan fingerprint density at radius 3 is 2.75 bits per heavy atom. The first-order chi connectivity index (χ1) is 11.5. The average Bonchev–Trinajstić information content (AvgIpc) is 3.35. The van der Waals surface area contributed by atoms with Crippen molar-refractivity contribution in [3.05, 3.63) is 28.8 Å². The Morgan fingerprint density at radius 1 is 1.38 bits per heavy atom. The van der Waals surface area contributed by atoms with E-state index in [0.29, 0.717) is 23.1 Å². The second-order valence-electron chi connectivity index (χ2n) is 7.28. The highest BCUT2D eigenvalue weighted by atomic mass is 16.2. The van der Waals surface area contributed by atoms with Gasteiger partial charge >= 0.3 is 0 Å². The summed E-state index contributed by atoms with van der Waals surface area (Å²) in [6, 6.07) is 6.08. The van der Waals surface area contributed by atoms with E-state index in [1.165, 1.54) is 12.8 Å². The molecule has 1 saturated heterocycles. The standard InChI is InChI=1S/C19H26N4O/c1-13-11-22(5-6-23(13)19(24)9-15-3-4-15)12-17-7-16(10-20)8-18(21)14(17)2/h7-8,13,15H,3-6,9,11-12,21H2,1-2H3/t13-/m0/s1. The molecule has 24 heavy (non-hydrogen) atoms. The molecule has 1 saturated carbocycles. The van der Waals surface area contributed by atoms with Crippen molar-refractivity contribution >= 4 is 11.6 Å². The topological polar surface area (TPSA) is 73.4 Å². The minimum atomic E-state index is 0.238. The molecule has 0 unspecified atom stereocenters. The van der Waals surface area contributed by atoms with Crippen LogP contribution in [0.1, 0.15) is 42.9 Å². The van der Waals surface area contributed by atoms with Gasteiger partial charge in [-0.2, -0.15) is 5.26 Å². The van der Waals surface area contributed by atoms with Gasteiger partial charge in [0.15, 0.2) is 0 Å². The summed E-state index contributed by atoms with van der Waals surface area (Å²) >= 11 is 0. The van der Waals surface area contributed by atoms with Crippen LogP contribution in [0.4, 0.5) is 5.69 Å². The summed E-state index contributed by atoms with van der Waals surface area (Å²) in [5.41, 5.74) is 9.47. The lowest BCUT2D eigenvalue weighted by atomic mass is 10.0. The van der Waals surface area contributed by atoms with Crippen molar-refractivity contribution in [2.45, 2.75) is 45.7 Å². The van der Waals surface area contributed by atoms with Crippen LogP contribution in [0.3, 0.4) is 0 Å². The fourth-order valence-corrected chi connectivity index (χ4v) is 3.50. The van der Waals surface area contributed by atoms with E-state index in [-0.39, 0.29) is 6.04 Å². The van der Waals surface area contributed by atoms with E-state index >= 15 is 0 Å². The summed E-state index contributed by atoms with van der Waals surface area (Å²) in [6.07, 6.45) is 3.16. The molecule has 0 bridgehead atoms. The zero-order chi connectivity index (χ0) is 17.3. The van der Waals surface area contributed by atoms with Crippen LogP contribution in [0.15, 0.2) is 12.1 Å². The van der Waals surface area contributed by atoms with Crippen LogP contribution in [0.5, 0.6) is 0 Å². The minimum Gasteiger partial charge on any atom is -0.398 e. The zero-order valence-corrected chi connectivity index (χ0v) is 14.6. The number of anilines is 1. The predicted molar refractivity (Wildman–Crippen MR) is 94.1 cm³/mol. The van der Waals surface area contributed by atoms with Gasteiger partial charge in [0.1, 0.15) is 0 Å². The maximum absolute atomic E-state index is 12.4. The molecule has 2 N–H and O–H groups in total. The molecule has 1 heterocycles. The number of rotatable bonds is 4. The highest BCUT2D eigenvalue weighted by Crippen LogP contribution is 2.33. The molecular weight excluding hydrogens is 300 g/mol. The van der Waals surface area contributed by atoms with Gasteiger partial charge in [-0.15, -0.1) is 0 Å². The summed E-state index contributed by atoms with van der Waals surface area (Å²) in [7, 11) is 0. The Hall–Kier alpha value is -2.06. The molecule has 1 aromatic carbocycles. The van der Waals surface area contributed by atoms with Gasteiger partial charge in [-0.1, -0.05) is 0 Å². The van der Waals surface area contributed by atoms with Crippen LogP contribution in [-0.4, -0.2) is 41.4 Å². The Labute approximate surface area is 144 Å². The number of nitrogens with zero attached hydrogens (tertiary/aromatic N) is 3. The molecule has 1 aliphatic heterocycles. The molecule has 2 aliphatic rings. The molecule has 0 radical (unpaired) electrons. The second kappa shape index (κ2) is 6.82. The van der Waals surface area contributed by atoms with Crippen LogP contribution in [0.2, 0.25) is 0 Å². The van der Waals surface area contributed by atoms with Gasteiger partial charge < -0.3 is 10.6 Å². The summed E-state index contributed by atoms with van der Waals surface area (Å²) in [6.45, 7) is 7.44. The first kappa shape index (κ1) is 16.8. The fraction of sp³-hybridized carbons (Fsp3) is 0.579. The van der Waals surface area contributed by atoms with Gasteiger partial charge in [0.05, 0.1) is 11.6 Å². The first-order valence-electron chi connectivity index (χ1n) is 8.79. The molecular formula is C19H26N4O. The number of carbonyl (C=O) groups is 1. The lowest BCUT2D eigenvalue weighted by molar-refractivity contribution is -0.136. The van der Waals surface area contributed by atoms with Crippen molar-refractivity contribution in [1.29, 1.82) is 5.26 Å². The van der Waals surface area contributed by atoms with Crippen molar-refractivity contribution < 1.29 is 4.79 Å². The lowest BCUT2D eigenvalue weighted by Crippen LogP contribution is -2.53. The molecule has 1 atom stereocenters. The molecule has 0 aromatic heterocycles. The Balaban J connectivity index is 1.63. The van der Waals surface area contributed by atoms with Crippen LogP contribution in [-0.2, 0) is 11.3 Å². The van der Waals surface area contributed by atoms with E-state index in [1.54, 1.807) is 6.07 Å². The Bertz CT molecular complexity index is 675. The van der Waals surface area contributed by atoms with Crippen molar-refractivity contribution in [3.8, 4) is 6.07 Å². The second-order valence-corrected chi connectivity index (χ2v) is 7.28. The van der Waals surface area contributed by atoms with E-state index in [1.807, 2.05) is 17.9 Å². The smallest absolute Gasteiger partial charge is 0.223 e.